The van der Waals surface area contributed by atoms with E-state index in [2.05, 4.69) is 0 Å². The predicted octanol–water partition coefficient (Wildman–Crippen LogP) is 2.91. The first-order valence-corrected chi connectivity index (χ1v) is 10.5. The van der Waals surface area contributed by atoms with Gasteiger partial charge in [0.1, 0.15) is 4.90 Å². The molecule has 0 unspecified atom stereocenters. The van der Waals surface area contributed by atoms with Gasteiger partial charge in [-0.2, -0.15) is 8.42 Å². The molecule has 0 aliphatic heterocycles. The second-order valence-electron chi connectivity index (χ2n) is 4.78. The van der Waals surface area contributed by atoms with Gasteiger partial charge in [0, 0.05) is 6.26 Å². The lowest BCUT2D eigenvalue weighted by Gasteiger charge is -2.12. The van der Waals surface area contributed by atoms with Crippen LogP contribution in [0.5, 0.6) is 11.5 Å². The minimum Gasteiger partial charge on any atom is -0.490 e. The standard InChI is InChI=1S/C15H15ClO6S2/c1-3-21-13-6-4-5-7-14(13)22-24(19,20)15-10-11(23(2,17)18)8-9-12(15)16/h4-10H,3H2,1-2H3. The summed E-state index contributed by atoms with van der Waals surface area (Å²) in [7, 11) is -7.94. The highest BCUT2D eigenvalue weighted by Crippen LogP contribution is 2.32. The van der Waals surface area contributed by atoms with Crippen molar-refractivity contribution in [3.63, 3.8) is 0 Å². The van der Waals surface area contributed by atoms with Crippen LogP contribution in [-0.2, 0) is 20.0 Å². The zero-order valence-corrected chi connectivity index (χ0v) is 15.3. The average Bonchev–Trinajstić information content (AvgIpc) is 2.48. The molecule has 0 aliphatic carbocycles. The summed E-state index contributed by atoms with van der Waals surface area (Å²) in [5, 5.41) is -0.142. The van der Waals surface area contributed by atoms with E-state index in [-0.39, 0.29) is 21.4 Å². The van der Waals surface area contributed by atoms with E-state index in [1.165, 1.54) is 18.2 Å². The van der Waals surface area contributed by atoms with E-state index in [1.807, 2.05) is 0 Å². The van der Waals surface area contributed by atoms with Crippen LogP contribution in [0.3, 0.4) is 0 Å². The average molecular weight is 391 g/mol. The van der Waals surface area contributed by atoms with Gasteiger partial charge in [0.05, 0.1) is 16.5 Å². The zero-order chi connectivity index (χ0) is 18.0. The van der Waals surface area contributed by atoms with Crippen LogP contribution in [0.4, 0.5) is 0 Å². The first kappa shape index (κ1) is 18.6. The highest BCUT2D eigenvalue weighted by molar-refractivity contribution is 7.90. The third kappa shape index (κ3) is 4.19. The molecule has 0 saturated heterocycles. The Morgan fingerprint density at radius 3 is 2.21 bits per heavy atom. The van der Waals surface area contributed by atoms with Crippen molar-refractivity contribution in [2.75, 3.05) is 12.9 Å². The monoisotopic (exact) mass is 390 g/mol. The van der Waals surface area contributed by atoms with Crippen LogP contribution in [0.25, 0.3) is 0 Å². The molecule has 2 aromatic carbocycles. The summed E-state index contributed by atoms with van der Waals surface area (Å²) >= 11 is 5.91. The first-order chi connectivity index (χ1) is 11.1. The molecule has 0 fully saturated rings. The zero-order valence-electron chi connectivity index (χ0n) is 12.9. The maximum Gasteiger partial charge on any atom is 0.340 e. The van der Waals surface area contributed by atoms with E-state index in [4.69, 9.17) is 20.5 Å². The van der Waals surface area contributed by atoms with E-state index >= 15 is 0 Å². The van der Waals surface area contributed by atoms with E-state index in [1.54, 1.807) is 25.1 Å². The number of sulfone groups is 1. The fourth-order valence-corrected chi connectivity index (χ4v) is 4.03. The van der Waals surface area contributed by atoms with Crippen molar-refractivity contribution >= 4 is 31.6 Å². The molecule has 2 aromatic rings. The number of ether oxygens (including phenoxy) is 1. The highest BCUT2D eigenvalue weighted by atomic mass is 35.5. The van der Waals surface area contributed by atoms with Crippen LogP contribution in [0.15, 0.2) is 52.3 Å². The molecule has 0 atom stereocenters. The fourth-order valence-electron chi connectivity index (χ4n) is 1.86. The number of halogens is 1. The van der Waals surface area contributed by atoms with Gasteiger partial charge < -0.3 is 8.92 Å². The maximum atomic E-state index is 12.5. The van der Waals surface area contributed by atoms with Crippen LogP contribution in [0, 0.1) is 0 Å². The summed E-state index contributed by atoms with van der Waals surface area (Å²) in [6.07, 6.45) is 0.970. The SMILES string of the molecule is CCOc1ccccc1OS(=O)(=O)c1cc(S(C)(=O)=O)ccc1Cl. The van der Waals surface area contributed by atoms with Crippen LogP contribution in [0.1, 0.15) is 6.92 Å². The number of para-hydroxylation sites is 2. The van der Waals surface area contributed by atoms with Crippen LogP contribution < -0.4 is 8.92 Å². The van der Waals surface area contributed by atoms with Crippen molar-refractivity contribution in [3.8, 4) is 11.5 Å². The molecule has 0 aliphatic rings. The van der Waals surface area contributed by atoms with Crippen molar-refractivity contribution in [3.05, 3.63) is 47.5 Å². The Bertz CT molecular complexity index is 952. The number of hydrogen-bond acceptors (Lipinski definition) is 6. The largest absolute Gasteiger partial charge is 0.490 e. The Morgan fingerprint density at radius 2 is 1.62 bits per heavy atom. The van der Waals surface area contributed by atoms with Gasteiger partial charge in [-0.3, -0.25) is 0 Å². The van der Waals surface area contributed by atoms with Gasteiger partial charge in [-0.15, -0.1) is 0 Å². The molecular weight excluding hydrogens is 376 g/mol. The molecule has 24 heavy (non-hydrogen) atoms. The molecule has 0 bridgehead atoms. The molecular formula is C15H15ClO6S2. The molecule has 0 aromatic heterocycles. The predicted molar refractivity (Wildman–Crippen MR) is 90.0 cm³/mol. The van der Waals surface area contributed by atoms with Gasteiger partial charge in [-0.05, 0) is 37.3 Å². The Balaban J connectivity index is 2.49. The van der Waals surface area contributed by atoms with Crippen molar-refractivity contribution < 1.29 is 25.8 Å². The van der Waals surface area contributed by atoms with Crippen LogP contribution in [0.2, 0.25) is 5.02 Å². The summed E-state index contributed by atoms with van der Waals surface area (Å²) in [6.45, 7) is 2.07. The summed E-state index contributed by atoms with van der Waals surface area (Å²) in [5.74, 6) is 0.235. The summed E-state index contributed by atoms with van der Waals surface area (Å²) in [5.41, 5.74) is 0. The van der Waals surface area contributed by atoms with Gasteiger partial charge in [0.25, 0.3) is 0 Å². The lowest BCUT2D eigenvalue weighted by atomic mass is 10.3. The topological polar surface area (TPSA) is 86.7 Å². The lowest BCUT2D eigenvalue weighted by molar-refractivity contribution is 0.327. The second kappa shape index (κ2) is 7.00. The molecule has 0 heterocycles. The fraction of sp³-hybridized carbons (Fsp3) is 0.200. The molecule has 130 valence electrons. The van der Waals surface area contributed by atoms with Crippen molar-refractivity contribution in [2.45, 2.75) is 16.7 Å². The third-order valence-electron chi connectivity index (χ3n) is 2.95. The molecule has 0 radical (unpaired) electrons. The van der Waals surface area contributed by atoms with Gasteiger partial charge in [-0.1, -0.05) is 23.7 Å². The number of rotatable bonds is 6. The van der Waals surface area contributed by atoms with E-state index in [0.717, 1.165) is 12.3 Å². The smallest absolute Gasteiger partial charge is 0.340 e. The number of hydrogen-bond donors (Lipinski definition) is 0. The van der Waals surface area contributed by atoms with Gasteiger partial charge >= 0.3 is 10.1 Å². The van der Waals surface area contributed by atoms with Gasteiger partial charge in [0.15, 0.2) is 21.3 Å². The van der Waals surface area contributed by atoms with E-state index < -0.39 is 24.9 Å². The molecule has 2 rings (SSSR count). The highest BCUT2D eigenvalue weighted by Gasteiger charge is 2.24. The van der Waals surface area contributed by atoms with Gasteiger partial charge in [0.2, 0.25) is 0 Å². The van der Waals surface area contributed by atoms with Crippen molar-refractivity contribution in [1.29, 1.82) is 0 Å². The molecule has 0 saturated carbocycles. The number of benzene rings is 2. The van der Waals surface area contributed by atoms with Crippen molar-refractivity contribution in [1.82, 2.24) is 0 Å². The maximum absolute atomic E-state index is 12.5. The van der Waals surface area contributed by atoms with E-state index in [0.29, 0.717) is 6.61 Å². The Hall–Kier alpha value is -1.77. The normalized spacial score (nSPS) is 12.0. The first-order valence-electron chi connectivity index (χ1n) is 6.81. The molecule has 0 N–H and O–H groups in total. The minimum absolute atomic E-state index is 0.0137. The second-order valence-corrected chi connectivity index (χ2v) is 8.72. The summed E-state index contributed by atoms with van der Waals surface area (Å²) in [4.78, 5) is -0.606. The quantitative estimate of drug-likeness (QED) is 0.705. The third-order valence-corrected chi connectivity index (χ3v) is 5.78. The summed E-state index contributed by atoms with van der Waals surface area (Å²) in [6, 6.07) is 9.63. The Kier molecular flexibility index (Phi) is 5.42. The van der Waals surface area contributed by atoms with Crippen LogP contribution >= 0.6 is 11.6 Å². The molecule has 0 spiro atoms. The van der Waals surface area contributed by atoms with Crippen LogP contribution in [-0.4, -0.2) is 29.7 Å². The molecule has 0 amide bonds. The van der Waals surface area contributed by atoms with Gasteiger partial charge in [-0.25, -0.2) is 8.42 Å². The summed E-state index contributed by atoms with van der Waals surface area (Å²) < 4.78 is 58.6. The minimum atomic E-state index is -4.34. The lowest BCUT2D eigenvalue weighted by Crippen LogP contribution is -2.12. The molecule has 9 heteroatoms. The van der Waals surface area contributed by atoms with E-state index in [9.17, 15) is 16.8 Å². The van der Waals surface area contributed by atoms with Crippen molar-refractivity contribution in [2.24, 2.45) is 0 Å². The Morgan fingerprint density at radius 1 is 1.00 bits per heavy atom. The molecule has 6 nitrogen and oxygen atoms in total. The Labute approximate surface area is 146 Å².